The molecule has 138 valence electrons. The minimum atomic E-state index is -3.69. The summed E-state index contributed by atoms with van der Waals surface area (Å²) < 4.78 is 27.2. The van der Waals surface area contributed by atoms with Crippen LogP contribution in [0.4, 0.5) is 0 Å². The fourth-order valence-electron chi connectivity index (χ4n) is 2.82. The lowest BCUT2D eigenvalue weighted by Crippen LogP contribution is -2.24. The van der Waals surface area contributed by atoms with Crippen molar-refractivity contribution >= 4 is 26.8 Å². The Morgan fingerprint density at radius 3 is 2.59 bits per heavy atom. The summed E-state index contributed by atoms with van der Waals surface area (Å²) in [4.78, 5) is 11.6. The number of hydrogen-bond donors (Lipinski definition) is 1. The van der Waals surface area contributed by atoms with E-state index in [0.29, 0.717) is 18.5 Å². The lowest BCUT2D eigenvalue weighted by molar-refractivity contribution is -0.120. The van der Waals surface area contributed by atoms with Gasteiger partial charge in [-0.2, -0.15) is 5.26 Å². The van der Waals surface area contributed by atoms with Gasteiger partial charge in [0, 0.05) is 18.1 Å². The van der Waals surface area contributed by atoms with E-state index in [-0.39, 0.29) is 17.2 Å². The molecule has 0 aliphatic carbocycles. The first kappa shape index (κ1) is 18.7. The Morgan fingerprint density at radius 1 is 1.15 bits per heavy atom. The lowest BCUT2D eigenvalue weighted by atomic mass is 10.1. The van der Waals surface area contributed by atoms with E-state index in [1.165, 1.54) is 3.97 Å². The van der Waals surface area contributed by atoms with Gasteiger partial charge in [0.1, 0.15) is 6.42 Å². The number of hydrogen-bond acceptors (Lipinski definition) is 4. The van der Waals surface area contributed by atoms with E-state index < -0.39 is 10.0 Å². The molecule has 0 saturated carbocycles. The molecule has 0 radical (unpaired) electrons. The number of rotatable bonds is 6. The van der Waals surface area contributed by atoms with Crippen molar-refractivity contribution in [3.63, 3.8) is 0 Å². The van der Waals surface area contributed by atoms with E-state index in [4.69, 9.17) is 5.26 Å². The van der Waals surface area contributed by atoms with Crippen LogP contribution in [-0.4, -0.2) is 24.8 Å². The average molecular weight is 381 g/mol. The molecule has 7 heteroatoms. The van der Waals surface area contributed by atoms with E-state index in [1.54, 1.807) is 42.6 Å². The average Bonchev–Trinajstić information content (AvgIpc) is 3.06. The number of aromatic nitrogens is 1. The molecule has 0 aliphatic heterocycles. The highest BCUT2D eigenvalue weighted by Gasteiger charge is 2.18. The molecule has 27 heavy (non-hydrogen) atoms. The van der Waals surface area contributed by atoms with Crippen LogP contribution in [0.1, 0.15) is 17.5 Å². The zero-order valence-electron chi connectivity index (χ0n) is 14.8. The number of aryl methyl sites for hydroxylation is 1. The fraction of sp³-hybridized carbons (Fsp3) is 0.200. The molecule has 3 aromatic rings. The van der Waals surface area contributed by atoms with Gasteiger partial charge in [-0.25, -0.2) is 12.4 Å². The molecule has 0 saturated heterocycles. The summed E-state index contributed by atoms with van der Waals surface area (Å²) >= 11 is 0. The lowest BCUT2D eigenvalue weighted by Gasteiger charge is -2.09. The minimum Gasteiger partial charge on any atom is -0.355 e. The van der Waals surface area contributed by atoms with Crippen LogP contribution in [0.3, 0.4) is 0 Å². The van der Waals surface area contributed by atoms with Crippen molar-refractivity contribution < 1.29 is 13.2 Å². The van der Waals surface area contributed by atoms with Gasteiger partial charge in [-0.1, -0.05) is 29.8 Å². The van der Waals surface area contributed by atoms with Gasteiger partial charge in [-0.05, 0) is 43.2 Å². The molecule has 0 spiro atoms. The van der Waals surface area contributed by atoms with Crippen molar-refractivity contribution in [2.75, 3.05) is 6.54 Å². The van der Waals surface area contributed by atoms with Crippen LogP contribution in [0.5, 0.6) is 0 Å². The second kappa shape index (κ2) is 7.64. The summed E-state index contributed by atoms with van der Waals surface area (Å²) in [5.74, 6) is -0.316. The fourth-order valence-corrected chi connectivity index (χ4v) is 4.16. The molecule has 0 atom stereocenters. The second-order valence-corrected chi connectivity index (χ2v) is 8.07. The van der Waals surface area contributed by atoms with Crippen molar-refractivity contribution in [2.24, 2.45) is 0 Å². The number of benzene rings is 2. The van der Waals surface area contributed by atoms with Crippen molar-refractivity contribution in [3.8, 4) is 6.07 Å². The molecule has 1 heterocycles. The second-order valence-electron chi connectivity index (χ2n) is 6.26. The van der Waals surface area contributed by atoms with Crippen molar-refractivity contribution in [3.05, 3.63) is 65.9 Å². The van der Waals surface area contributed by atoms with Gasteiger partial charge in [-0.15, -0.1) is 0 Å². The van der Waals surface area contributed by atoms with Crippen LogP contribution in [0.2, 0.25) is 0 Å². The summed E-state index contributed by atoms with van der Waals surface area (Å²) in [7, 11) is -3.69. The van der Waals surface area contributed by atoms with E-state index in [0.717, 1.165) is 16.5 Å². The topological polar surface area (TPSA) is 92.0 Å². The number of nitrogens with one attached hydrogen (secondary N) is 1. The maximum absolute atomic E-state index is 13.0. The number of nitrogens with zero attached hydrogens (tertiary/aromatic N) is 2. The van der Waals surface area contributed by atoms with Crippen LogP contribution in [0, 0.1) is 18.3 Å². The molecule has 0 bridgehead atoms. The Hall–Kier alpha value is -3.11. The first-order valence-corrected chi connectivity index (χ1v) is 9.92. The van der Waals surface area contributed by atoms with Gasteiger partial charge in [0.25, 0.3) is 10.0 Å². The SMILES string of the molecule is Cc1ccc(S(=O)(=O)n2ccc3ccc(CCNC(=O)CC#N)cc32)cc1. The Labute approximate surface area is 158 Å². The zero-order valence-corrected chi connectivity index (χ0v) is 15.7. The summed E-state index contributed by atoms with van der Waals surface area (Å²) in [5.41, 5.74) is 2.49. The predicted octanol–water partition coefficient (Wildman–Crippen LogP) is 2.76. The molecule has 0 aliphatic rings. The first-order chi connectivity index (χ1) is 12.9. The number of carbonyl (C=O) groups is 1. The van der Waals surface area contributed by atoms with Crippen LogP contribution in [0.25, 0.3) is 10.9 Å². The largest absolute Gasteiger partial charge is 0.355 e. The van der Waals surface area contributed by atoms with Gasteiger partial charge >= 0.3 is 0 Å². The summed E-state index contributed by atoms with van der Waals surface area (Å²) in [6.45, 7) is 2.29. The quantitative estimate of drug-likeness (QED) is 0.711. The van der Waals surface area contributed by atoms with Crippen LogP contribution in [-0.2, 0) is 21.2 Å². The molecule has 0 unspecified atom stereocenters. The number of nitriles is 1. The van der Waals surface area contributed by atoms with Gasteiger partial charge in [0.2, 0.25) is 5.91 Å². The molecule has 1 N–H and O–H groups in total. The van der Waals surface area contributed by atoms with Crippen LogP contribution < -0.4 is 5.32 Å². The van der Waals surface area contributed by atoms with E-state index in [1.807, 2.05) is 25.1 Å². The Morgan fingerprint density at radius 2 is 1.89 bits per heavy atom. The minimum absolute atomic E-state index is 0.170. The number of carbonyl (C=O) groups excluding carboxylic acids is 1. The first-order valence-electron chi connectivity index (χ1n) is 8.48. The van der Waals surface area contributed by atoms with Crippen LogP contribution in [0.15, 0.2) is 59.6 Å². The van der Waals surface area contributed by atoms with Gasteiger partial charge in [0.05, 0.1) is 16.5 Å². The molecule has 0 fully saturated rings. The van der Waals surface area contributed by atoms with Crippen molar-refractivity contribution in [1.82, 2.24) is 9.29 Å². The standard InChI is InChI=1S/C20H19N3O3S/c1-15-2-6-18(7-3-15)27(25,26)23-13-10-17-5-4-16(14-19(17)23)9-12-22-20(24)8-11-21/h2-7,10,13-14H,8-9,12H2,1H3,(H,22,24). The number of fused-ring (bicyclic) bond motifs is 1. The molecule has 3 rings (SSSR count). The van der Waals surface area contributed by atoms with Gasteiger partial charge in [0.15, 0.2) is 0 Å². The van der Waals surface area contributed by atoms with Crippen molar-refractivity contribution in [2.45, 2.75) is 24.7 Å². The molecular formula is C20H19N3O3S. The zero-order chi connectivity index (χ0) is 19.4. The van der Waals surface area contributed by atoms with Gasteiger partial charge in [-0.3, -0.25) is 4.79 Å². The molecule has 2 aromatic carbocycles. The van der Waals surface area contributed by atoms with Crippen molar-refractivity contribution in [1.29, 1.82) is 5.26 Å². The van der Waals surface area contributed by atoms with E-state index in [9.17, 15) is 13.2 Å². The normalized spacial score (nSPS) is 11.3. The van der Waals surface area contributed by atoms with Gasteiger partial charge < -0.3 is 5.32 Å². The highest BCUT2D eigenvalue weighted by Crippen LogP contribution is 2.23. The third kappa shape index (κ3) is 4.01. The summed E-state index contributed by atoms with van der Waals surface area (Å²) in [5, 5.41) is 12.0. The highest BCUT2D eigenvalue weighted by molar-refractivity contribution is 7.90. The molecule has 1 aromatic heterocycles. The summed E-state index contributed by atoms with van der Waals surface area (Å²) in [6.07, 6.45) is 1.93. The molecule has 6 nitrogen and oxygen atoms in total. The third-order valence-corrected chi connectivity index (χ3v) is 5.98. The third-order valence-electron chi connectivity index (χ3n) is 4.28. The Bertz CT molecular complexity index is 1120. The number of amides is 1. The summed E-state index contributed by atoms with van der Waals surface area (Å²) in [6, 6.07) is 15.9. The maximum atomic E-state index is 13.0. The molecular weight excluding hydrogens is 362 g/mol. The Balaban J connectivity index is 1.88. The maximum Gasteiger partial charge on any atom is 0.268 e. The monoisotopic (exact) mass is 381 g/mol. The molecule has 1 amide bonds. The predicted molar refractivity (Wildman–Crippen MR) is 103 cm³/mol. The van der Waals surface area contributed by atoms with E-state index >= 15 is 0 Å². The van der Waals surface area contributed by atoms with E-state index in [2.05, 4.69) is 5.32 Å². The van der Waals surface area contributed by atoms with Crippen LogP contribution >= 0.6 is 0 Å². The highest BCUT2D eigenvalue weighted by atomic mass is 32.2. The smallest absolute Gasteiger partial charge is 0.268 e. The Kier molecular flexibility index (Phi) is 5.28.